The Hall–Kier alpha value is -2.82. The molecule has 156 valence electrons. The summed E-state index contributed by atoms with van der Waals surface area (Å²) in [7, 11) is 0. The van der Waals surface area contributed by atoms with Gasteiger partial charge in [-0.1, -0.05) is 43.3 Å². The number of carbonyl (C=O) groups is 2. The van der Waals surface area contributed by atoms with Crippen LogP contribution in [-0.2, 0) is 16.1 Å². The SMILES string of the molecule is CC[C@H](C)NC(=O)[C@H](C)N(Cc1ccccc1)C(=O)COc1ccc(C)c(C)c1. The molecule has 1 N–H and O–H groups in total. The summed E-state index contributed by atoms with van der Waals surface area (Å²) in [5, 5.41) is 2.96. The summed E-state index contributed by atoms with van der Waals surface area (Å²) >= 11 is 0. The molecule has 0 unspecified atom stereocenters. The topological polar surface area (TPSA) is 58.6 Å². The van der Waals surface area contributed by atoms with Crippen LogP contribution in [0.2, 0.25) is 0 Å². The van der Waals surface area contributed by atoms with Gasteiger partial charge in [0.25, 0.3) is 5.91 Å². The molecule has 0 saturated heterocycles. The zero-order valence-electron chi connectivity index (χ0n) is 18.1. The largest absolute Gasteiger partial charge is 0.484 e. The van der Waals surface area contributed by atoms with Gasteiger partial charge in [0.1, 0.15) is 11.8 Å². The number of nitrogens with zero attached hydrogens (tertiary/aromatic N) is 1. The van der Waals surface area contributed by atoms with E-state index in [1.54, 1.807) is 11.8 Å². The van der Waals surface area contributed by atoms with Gasteiger partial charge in [0.2, 0.25) is 5.91 Å². The van der Waals surface area contributed by atoms with Gasteiger partial charge in [-0.3, -0.25) is 9.59 Å². The average Bonchev–Trinajstić information content (AvgIpc) is 2.72. The monoisotopic (exact) mass is 396 g/mol. The van der Waals surface area contributed by atoms with Crippen molar-refractivity contribution in [2.75, 3.05) is 6.61 Å². The van der Waals surface area contributed by atoms with Crippen LogP contribution in [0.25, 0.3) is 0 Å². The fourth-order valence-electron chi connectivity index (χ4n) is 2.86. The smallest absolute Gasteiger partial charge is 0.261 e. The Morgan fingerprint density at radius 1 is 1.03 bits per heavy atom. The van der Waals surface area contributed by atoms with Gasteiger partial charge in [0.05, 0.1) is 0 Å². The summed E-state index contributed by atoms with van der Waals surface area (Å²) in [6, 6.07) is 14.9. The van der Waals surface area contributed by atoms with Crippen molar-refractivity contribution in [3.8, 4) is 5.75 Å². The molecule has 0 aliphatic heterocycles. The molecule has 0 radical (unpaired) electrons. The number of aryl methyl sites for hydroxylation is 2. The first-order chi connectivity index (χ1) is 13.8. The summed E-state index contributed by atoms with van der Waals surface area (Å²) < 4.78 is 5.73. The Kier molecular flexibility index (Phi) is 8.25. The Morgan fingerprint density at radius 3 is 2.34 bits per heavy atom. The first-order valence-electron chi connectivity index (χ1n) is 10.2. The molecule has 0 aromatic heterocycles. The molecule has 0 bridgehead atoms. The molecule has 29 heavy (non-hydrogen) atoms. The van der Waals surface area contributed by atoms with Gasteiger partial charge in [-0.15, -0.1) is 0 Å². The van der Waals surface area contributed by atoms with Crippen LogP contribution >= 0.6 is 0 Å². The standard InChI is InChI=1S/C24H32N2O3/c1-6-19(4)25-24(28)20(5)26(15-21-10-8-7-9-11-21)23(27)16-29-22-13-12-17(2)18(3)14-22/h7-14,19-20H,6,15-16H2,1-5H3,(H,25,28)/t19-,20-/m0/s1. The number of amides is 2. The second kappa shape index (κ2) is 10.6. The zero-order valence-corrected chi connectivity index (χ0v) is 18.1. The minimum atomic E-state index is -0.597. The van der Waals surface area contributed by atoms with Crippen molar-refractivity contribution >= 4 is 11.8 Å². The van der Waals surface area contributed by atoms with Crippen LogP contribution in [0, 0.1) is 13.8 Å². The molecule has 0 saturated carbocycles. The molecular weight excluding hydrogens is 364 g/mol. The highest BCUT2D eigenvalue weighted by Gasteiger charge is 2.27. The lowest BCUT2D eigenvalue weighted by molar-refractivity contribution is -0.142. The molecular formula is C24H32N2O3. The molecule has 2 aromatic rings. The highest BCUT2D eigenvalue weighted by molar-refractivity contribution is 5.88. The van der Waals surface area contributed by atoms with E-state index in [-0.39, 0.29) is 24.5 Å². The molecule has 2 aromatic carbocycles. The van der Waals surface area contributed by atoms with E-state index in [2.05, 4.69) is 5.32 Å². The van der Waals surface area contributed by atoms with Crippen LogP contribution in [0.4, 0.5) is 0 Å². The van der Waals surface area contributed by atoms with E-state index >= 15 is 0 Å². The van der Waals surface area contributed by atoms with E-state index in [1.807, 2.05) is 76.2 Å². The Balaban J connectivity index is 2.12. The van der Waals surface area contributed by atoms with Crippen LogP contribution in [0.1, 0.15) is 43.9 Å². The van der Waals surface area contributed by atoms with Crippen LogP contribution in [0.3, 0.4) is 0 Å². The van der Waals surface area contributed by atoms with E-state index in [1.165, 1.54) is 5.56 Å². The number of hydrogen-bond acceptors (Lipinski definition) is 3. The van der Waals surface area contributed by atoms with Gasteiger partial charge >= 0.3 is 0 Å². The van der Waals surface area contributed by atoms with Crippen molar-refractivity contribution in [3.05, 3.63) is 65.2 Å². The highest BCUT2D eigenvalue weighted by Crippen LogP contribution is 2.17. The Bertz CT molecular complexity index is 820. The van der Waals surface area contributed by atoms with Crippen molar-refractivity contribution in [1.29, 1.82) is 0 Å². The minimum absolute atomic E-state index is 0.0606. The number of carbonyl (C=O) groups excluding carboxylic acids is 2. The molecule has 0 heterocycles. The van der Waals surface area contributed by atoms with Gasteiger partial charge in [-0.25, -0.2) is 0 Å². The molecule has 2 rings (SSSR count). The summed E-state index contributed by atoms with van der Waals surface area (Å²) in [5.74, 6) is 0.270. The molecule has 0 aliphatic rings. The van der Waals surface area contributed by atoms with Crippen LogP contribution in [-0.4, -0.2) is 35.4 Å². The lowest BCUT2D eigenvalue weighted by atomic mass is 10.1. The van der Waals surface area contributed by atoms with Gasteiger partial charge in [0.15, 0.2) is 6.61 Å². The van der Waals surface area contributed by atoms with Crippen LogP contribution < -0.4 is 10.1 Å². The predicted octanol–water partition coefficient (Wildman–Crippen LogP) is 4.01. The summed E-state index contributed by atoms with van der Waals surface area (Å²) in [6.45, 7) is 10.0. The average molecular weight is 397 g/mol. The maximum atomic E-state index is 13.0. The minimum Gasteiger partial charge on any atom is -0.484 e. The number of nitrogens with one attached hydrogen (secondary N) is 1. The van der Waals surface area contributed by atoms with Crippen molar-refractivity contribution in [2.45, 2.75) is 59.7 Å². The first kappa shape index (κ1) is 22.5. The summed E-state index contributed by atoms with van der Waals surface area (Å²) in [4.78, 5) is 27.2. The number of rotatable bonds is 9. The third-order valence-corrected chi connectivity index (χ3v) is 5.20. The third kappa shape index (κ3) is 6.63. The zero-order chi connectivity index (χ0) is 21.4. The molecule has 0 fully saturated rings. The second-order valence-electron chi connectivity index (χ2n) is 7.54. The van der Waals surface area contributed by atoms with Crippen LogP contribution in [0.15, 0.2) is 48.5 Å². The summed E-state index contributed by atoms with van der Waals surface area (Å²) in [6.07, 6.45) is 0.834. The fraction of sp³-hybridized carbons (Fsp3) is 0.417. The molecule has 0 spiro atoms. The molecule has 2 atom stereocenters. The van der Waals surface area contributed by atoms with E-state index in [4.69, 9.17) is 4.74 Å². The van der Waals surface area contributed by atoms with Gasteiger partial charge in [-0.2, -0.15) is 0 Å². The first-order valence-corrected chi connectivity index (χ1v) is 10.2. The highest BCUT2D eigenvalue weighted by atomic mass is 16.5. The van der Waals surface area contributed by atoms with Crippen LogP contribution in [0.5, 0.6) is 5.75 Å². The van der Waals surface area contributed by atoms with E-state index in [0.29, 0.717) is 12.3 Å². The van der Waals surface area contributed by atoms with Crippen molar-refractivity contribution in [2.24, 2.45) is 0 Å². The Labute approximate surface area is 174 Å². The van der Waals surface area contributed by atoms with E-state index < -0.39 is 6.04 Å². The van der Waals surface area contributed by atoms with E-state index in [0.717, 1.165) is 17.5 Å². The summed E-state index contributed by atoms with van der Waals surface area (Å²) in [5.41, 5.74) is 3.25. The molecule has 5 heteroatoms. The lowest BCUT2D eigenvalue weighted by Gasteiger charge is -2.29. The second-order valence-corrected chi connectivity index (χ2v) is 7.54. The normalized spacial score (nSPS) is 12.7. The number of hydrogen-bond donors (Lipinski definition) is 1. The third-order valence-electron chi connectivity index (χ3n) is 5.20. The predicted molar refractivity (Wildman–Crippen MR) is 116 cm³/mol. The molecule has 5 nitrogen and oxygen atoms in total. The maximum absolute atomic E-state index is 13.0. The van der Waals surface area contributed by atoms with Gasteiger partial charge in [0, 0.05) is 12.6 Å². The van der Waals surface area contributed by atoms with E-state index in [9.17, 15) is 9.59 Å². The van der Waals surface area contributed by atoms with Crippen molar-refractivity contribution < 1.29 is 14.3 Å². The number of ether oxygens (including phenoxy) is 1. The molecule has 2 amide bonds. The van der Waals surface area contributed by atoms with Gasteiger partial charge < -0.3 is 15.0 Å². The van der Waals surface area contributed by atoms with Crippen molar-refractivity contribution in [1.82, 2.24) is 10.2 Å². The maximum Gasteiger partial charge on any atom is 0.261 e. The lowest BCUT2D eigenvalue weighted by Crippen LogP contribution is -2.50. The Morgan fingerprint density at radius 2 is 1.72 bits per heavy atom. The van der Waals surface area contributed by atoms with Crippen molar-refractivity contribution in [3.63, 3.8) is 0 Å². The fourth-order valence-corrected chi connectivity index (χ4v) is 2.86. The molecule has 0 aliphatic carbocycles. The van der Waals surface area contributed by atoms with Gasteiger partial charge in [-0.05, 0) is 62.9 Å². The quantitative estimate of drug-likeness (QED) is 0.697. The number of benzene rings is 2.